The lowest BCUT2D eigenvalue weighted by Crippen LogP contribution is -2.52. The quantitative estimate of drug-likeness (QED) is 0.535. The molecular weight excluding hydrogens is 409 g/mol. The predicted octanol–water partition coefficient (Wildman–Crippen LogP) is 1.25. The van der Waals surface area contributed by atoms with Gasteiger partial charge in [0, 0.05) is 12.6 Å². The lowest BCUT2D eigenvalue weighted by atomic mass is 9.95. The Hall–Kier alpha value is -4.15. The van der Waals surface area contributed by atoms with E-state index in [1.165, 1.54) is 30.2 Å². The molecule has 4 amide bonds. The topological polar surface area (TPSA) is 140 Å². The smallest absolute Gasteiger partial charge is 0.322 e. The van der Waals surface area contributed by atoms with Crippen molar-refractivity contribution in [2.45, 2.75) is 12.1 Å². The van der Waals surface area contributed by atoms with Gasteiger partial charge < -0.3 is 25.1 Å². The van der Waals surface area contributed by atoms with Gasteiger partial charge in [-0.05, 0) is 23.8 Å². The number of hydrogen-bond donors (Lipinski definition) is 3. The predicted molar refractivity (Wildman–Crippen MR) is 104 cm³/mol. The molecule has 158 valence electrons. The Balaban J connectivity index is 1.56. The maximum Gasteiger partial charge on any atom is 0.322 e. The van der Waals surface area contributed by atoms with Crippen LogP contribution in [0.4, 0.5) is 15.0 Å². The Kier molecular flexibility index (Phi) is 3.91. The maximum atomic E-state index is 14.7. The van der Waals surface area contributed by atoms with Gasteiger partial charge >= 0.3 is 6.03 Å². The molecule has 11 heteroatoms. The first-order valence-corrected chi connectivity index (χ1v) is 9.27. The zero-order valence-electron chi connectivity index (χ0n) is 16.2. The number of furan rings is 1. The number of carbonyl (C=O) groups is 3. The minimum atomic E-state index is -1.72. The molecule has 3 aromatic rings. The number of nitrogen functional groups attached to an aromatic ring is 1. The van der Waals surface area contributed by atoms with Crippen molar-refractivity contribution in [1.29, 1.82) is 0 Å². The fraction of sp³-hybridized carbons (Fsp3) is 0.200. The Bertz CT molecular complexity index is 1290. The molecule has 0 aliphatic carbocycles. The number of benzene rings is 1. The minimum absolute atomic E-state index is 0.0470. The third kappa shape index (κ3) is 2.70. The van der Waals surface area contributed by atoms with Gasteiger partial charge in [-0.2, -0.15) is 0 Å². The molecule has 1 aromatic carbocycles. The lowest BCUT2D eigenvalue weighted by molar-refractivity contribution is -0.125. The van der Waals surface area contributed by atoms with Crippen LogP contribution >= 0.6 is 0 Å². The van der Waals surface area contributed by atoms with Gasteiger partial charge in [-0.25, -0.2) is 14.2 Å². The van der Waals surface area contributed by atoms with Crippen molar-refractivity contribution in [1.82, 2.24) is 20.5 Å². The van der Waals surface area contributed by atoms with Crippen molar-refractivity contribution in [2.24, 2.45) is 0 Å². The second kappa shape index (κ2) is 6.42. The summed E-state index contributed by atoms with van der Waals surface area (Å²) in [5, 5.41) is 4.73. The van der Waals surface area contributed by atoms with Crippen molar-refractivity contribution in [3.05, 3.63) is 53.0 Å². The van der Waals surface area contributed by atoms with Crippen LogP contribution in [-0.2, 0) is 16.9 Å². The van der Waals surface area contributed by atoms with Crippen molar-refractivity contribution < 1.29 is 27.9 Å². The number of halogens is 1. The van der Waals surface area contributed by atoms with E-state index < -0.39 is 29.2 Å². The number of nitrogens with one attached hydrogen (secondary N) is 2. The van der Waals surface area contributed by atoms with Gasteiger partial charge in [-0.15, -0.1) is 0 Å². The van der Waals surface area contributed by atoms with Crippen LogP contribution in [0.3, 0.4) is 0 Å². The molecule has 10 nitrogen and oxygen atoms in total. The normalized spacial score (nSPS) is 20.2. The molecule has 4 heterocycles. The summed E-state index contributed by atoms with van der Waals surface area (Å²) in [7, 11) is 1.30. The second-order valence-electron chi connectivity index (χ2n) is 7.32. The van der Waals surface area contributed by atoms with E-state index in [9.17, 15) is 18.8 Å². The number of hydrogen-bond acceptors (Lipinski definition) is 7. The number of nitrogens with two attached hydrogens (primary N) is 1. The third-order valence-corrected chi connectivity index (χ3v) is 5.46. The molecule has 5 rings (SSSR count). The Morgan fingerprint density at radius 1 is 1.29 bits per heavy atom. The van der Waals surface area contributed by atoms with Gasteiger partial charge in [0.2, 0.25) is 0 Å². The van der Waals surface area contributed by atoms with Crippen LogP contribution < -0.4 is 21.1 Å². The Labute approximate surface area is 174 Å². The van der Waals surface area contributed by atoms with Crippen LogP contribution in [0.2, 0.25) is 0 Å². The highest BCUT2D eigenvalue weighted by Crippen LogP contribution is 2.36. The highest BCUT2D eigenvalue weighted by molar-refractivity contribution is 6.08. The molecule has 0 bridgehead atoms. The molecule has 2 aromatic heterocycles. The highest BCUT2D eigenvalue weighted by Gasteiger charge is 2.53. The summed E-state index contributed by atoms with van der Waals surface area (Å²) in [5.74, 6) is -1.83. The number of pyridine rings is 1. The van der Waals surface area contributed by atoms with E-state index in [4.69, 9.17) is 14.9 Å². The number of carbonyl (C=O) groups excluding carboxylic acids is 3. The molecule has 1 atom stereocenters. The Morgan fingerprint density at radius 2 is 2.10 bits per heavy atom. The van der Waals surface area contributed by atoms with Crippen LogP contribution in [0, 0.1) is 5.82 Å². The van der Waals surface area contributed by atoms with Gasteiger partial charge in [-0.3, -0.25) is 14.9 Å². The number of nitrogens with zero attached hydrogens (tertiary/aromatic N) is 2. The summed E-state index contributed by atoms with van der Waals surface area (Å²) in [4.78, 5) is 43.3. The van der Waals surface area contributed by atoms with E-state index >= 15 is 0 Å². The average Bonchev–Trinajstić information content (AvgIpc) is 3.37. The van der Waals surface area contributed by atoms with E-state index in [-0.39, 0.29) is 36.0 Å². The first-order chi connectivity index (χ1) is 14.8. The first-order valence-electron chi connectivity index (χ1n) is 9.27. The van der Waals surface area contributed by atoms with Crippen molar-refractivity contribution in [2.75, 3.05) is 19.4 Å². The molecule has 31 heavy (non-hydrogen) atoms. The highest BCUT2D eigenvalue weighted by atomic mass is 19.1. The van der Waals surface area contributed by atoms with Crippen molar-refractivity contribution in [3.63, 3.8) is 0 Å². The first kappa shape index (κ1) is 18.9. The number of rotatable bonds is 4. The van der Waals surface area contributed by atoms with Crippen molar-refractivity contribution in [3.8, 4) is 5.75 Å². The molecule has 4 N–H and O–H groups in total. The number of fused-ring (bicyclic) bond motifs is 2. The Morgan fingerprint density at radius 3 is 2.81 bits per heavy atom. The molecule has 2 aliphatic rings. The van der Waals surface area contributed by atoms with Gasteiger partial charge in [0.05, 0.1) is 19.2 Å². The van der Waals surface area contributed by atoms with E-state index in [2.05, 4.69) is 15.6 Å². The number of urea groups is 1. The second-order valence-corrected chi connectivity index (χ2v) is 7.32. The summed E-state index contributed by atoms with van der Waals surface area (Å²) >= 11 is 0. The number of imide groups is 1. The van der Waals surface area contributed by atoms with E-state index in [1.54, 1.807) is 12.1 Å². The van der Waals surface area contributed by atoms with Gasteiger partial charge in [0.15, 0.2) is 22.7 Å². The van der Waals surface area contributed by atoms with E-state index in [0.717, 1.165) is 0 Å². The van der Waals surface area contributed by atoms with E-state index in [0.29, 0.717) is 16.7 Å². The summed E-state index contributed by atoms with van der Waals surface area (Å²) in [6.07, 6.45) is 0. The zero-order chi connectivity index (χ0) is 21.9. The van der Waals surface area contributed by atoms with Crippen LogP contribution in [0.25, 0.3) is 11.1 Å². The number of anilines is 1. The minimum Gasteiger partial charge on any atom is -0.494 e. The summed E-state index contributed by atoms with van der Waals surface area (Å²) in [6.45, 7) is -0.236. The van der Waals surface area contributed by atoms with Gasteiger partial charge in [0.1, 0.15) is 17.1 Å². The standard InChI is InChI=1S/C20H16FN5O5/c1-30-12-3-2-9-7-26(17(27)15(9)16(12)21)8-20(18(28)24-19(29)25-20)13-6-10-11(31-13)4-5-14(22)23-10/h2-6H,7-8H2,1H3,(H2,22,23)(H2,24,25,28,29)/t20-/m0/s1. The molecule has 0 saturated carbocycles. The fourth-order valence-corrected chi connectivity index (χ4v) is 3.97. The van der Waals surface area contributed by atoms with Crippen molar-refractivity contribution >= 4 is 34.8 Å². The molecule has 1 saturated heterocycles. The lowest BCUT2D eigenvalue weighted by Gasteiger charge is -2.28. The van der Waals surface area contributed by atoms with E-state index in [1.807, 2.05) is 0 Å². The molecule has 2 aliphatic heterocycles. The van der Waals surface area contributed by atoms with Gasteiger partial charge in [0.25, 0.3) is 11.8 Å². The maximum absolute atomic E-state index is 14.7. The third-order valence-electron chi connectivity index (χ3n) is 5.46. The molecule has 1 fully saturated rings. The monoisotopic (exact) mass is 425 g/mol. The van der Waals surface area contributed by atoms with Crippen LogP contribution in [0.5, 0.6) is 5.75 Å². The van der Waals surface area contributed by atoms with Crippen LogP contribution in [-0.4, -0.2) is 41.4 Å². The molecule has 0 spiro atoms. The molecule has 0 radical (unpaired) electrons. The summed E-state index contributed by atoms with van der Waals surface area (Å²) in [6, 6.07) is 6.88. The number of ether oxygens (including phenoxy) is 1. The number of methoxy groups -OCH3 is 1. The number of amides is 4. The number of aromatic nitrogens is 1. The van der Waals surface area contributed by atoms with Crippen LogP contribution in [0.15, 0.2) is 34.7 Å². The molecular formula is C20H16FN5O5. The summed E-state index contributed by atoms with van der Waals surface area (Å²) in [5.41, 5.74) is 5.04. The van der Waals surface area contributed by atoms with Crippen LogP contribution in [0.1, 0.15) is 21.7 Å². The average molecular weight is 425 g/mol. The van der Waals surface area contributed by atoms with Gasteiger partial charge in [-0.1, -0.05) is 6.07 Å². The fourth-order valence-electron chi connectivity index (χ4n) is 3.97. The SMILES string of the molecule is COc1ccc2c(c1F)C(=O)N(C[C@@]1(c3cc4nc(N)ccc4o3)NC(=O)NC1=O)C2. The summed E-state index contributed by atoms with van der Waals surface area (Å²) < 4.78 is 25.4. The zero-order valence-corrected chi connectivity index (χ0v) is 16.2. The largest absolute Gasteiger partial charge is 0.494 e. The molecule has 0 unspecified atom stereocenters.